The number of aliphatic hydroxyl groups is 1. The van der Waals surface area contributed by atoms with Gasteiger partial charge in [0, 0.05) is 50.4 Å². The predicted molar refractivity (Wildman–Crippen MR) is 145 cm³/mol. The van der Waals surface area contributed by atoms with E-state index in [4.69, 9.17) is 0 Å². The highest BCUT2D eigenvalue weighted by Gasteiger charge is 2.49. The van der Waals surface area contributed by atoms with E-state index in [1.54, 1.807) is 16.8 Å². The summed E-state index contributed by atoms with van der Waals surface area (Å²) in [6.07, 6.45) is 2.17. The van der Waals surface area contributed by atoms with Crippen molar-refractivity contribution in [2.24, 2.45) is 5.41 Å². The molecule has 2 aromatic carbocycles. The van der Waals surface area contributed by atoms with Gasteiger partial charge >= 0.3 is 6.03 Å². The van der Waals surface area contributed by atoms with Crippen LogP contribution in [0.3, 0.4) is 0 Å². The van der Waals surface area contributed by atoms with Gasteiger partial charge in [0.1, 0.15) is 0 Å². The van der Waals surface area contributed by atoms with Crippen molar-refractivity contribution in [2.75, 3.05) is 32.7 Å². The number of likely N-dealkylation sites (tertiary alicyclic amines) is 1. The first-order chi connectivity index (χ1) is 17.8. The first-order valence-electron chi connectivity index (χ1n) is 13.1. The number of carbonyl (C=O) groups excluding carboxylic acids is 1. The van der Waals surface area contributed by atoms with Crippen LogP contribution in [0.15, 0.2) is 83.8 Å². The maximum absolute atomic E-state index is 13.7. The molecule has 2 atom stereocenters. The molecule has 2 fully saturated rings. The Labute approximate surface area is 218 Å². The zero-order valence-corrected chi connectivity index (χ0v) is 21.6. The van der Waals surface area contributed by atoms with Gasteiger partial charge in [0.15, 0.2) is 0 Å². The topological polar surface area (TPSA) is 77.8 Å². The van der Waals surface area contributed by atoms with Gasteiger partial charge in [-0.15, -0.1) is 0 Å². The molecule has 7 nitrogen and oxygen atoms in total. The minimum atomic E-state index is -1.12. The summed E-state index contributed by atoms with van der Waals surface area (Å²) in [4.78, 5) is 30.5. The number of hydrogen-bond acceptors (Lipinski definition) is 4. The summed E-state index contributed by atoms with van der Waals surface area (Å²) in [7, 11) is 0. The summed E-state index contributed by atoms with van der Waals surface area (Å²) in [6, 6.07) is 23.5. The van der Waals surface area contributed by atoms with E-state index in [1.807, 2.05) is 78.2 Å². The van der Waals surface area contributed by atoms with Gasteiger partial charge in [-0.2, -0.15) is 0 Å². The van der Waals surface area contributed by atoms with E-state index < -0.39 is 11.0 Å². The number of aromatic nitrogens is 1. The van der Waals surface area contributed by atoms with Crippen LogP contribution in [-0.2, 0) is 6.54 Å². The molecule has 0 radical (unpaired) electrons. The molecule has 0 saturated carbocycles. The molecule has 0 spiro atoms. The SMILES string of the molecule is CC1(C)CN(C(=O)N2CCNC[C@H]2c2ccccc2)CC[C@@]1(O)Cn1ccc(-c2ccccc2)cc1=O. The van der Waals surface area contributed by atoms with Crippen LogP contribution >= 0.6 is 0 Å². The maximum Gasteiger partial charge on any atom is 0.320 e. The highest BCUT2D eigenvalue weighted by atomic mass is 16.3. The average molecular weight is 501 g/mol. The fourth-order valence-corrected chi connectivity index (χ4v) is 5.64. The fourth-order valence-electron chi connectivity index (χ4n) is 5.64. The number of piperidine rings is 1. The van der Waals surface area contributed by atoms with E-state index in [0.29, 0.717) is 26.1 Å². The molecule has 3 aromatic rings. The largest absolute Gasteiger partial charge is 0.387 e. The van der Waals surface area contributed by atoms with Gasteiger partial charge in [-0.05, 0) is 29.2 Å². The van der Waals surface area contributed by atoms with Crippen LogP contribution in [0.5, 0.6) is 0 Å². The van der Waals surface area contributed by atoms with Crippen molar-refractivity contribution in [2.45, 2.75) is 38.5 Å². The van der Waals surface area contributed by atoms with Crippen molar-refractivity contribution in [1.82, 2.24) is 19.7 Å². The normalized spacial score (nSPS) is 23.6. The lowest BCUT2D eigenvalue weighted by atomic mass is 9.70. The number of benzene rings is 2. The van der Waals surface area contributed by atoms with E-state index in [9.17, 15) is 14.7 Å². The van der Waals surface area contributed by atoms with Crippen LogP contribution < -0.4 is 10.9 Å². The van der Waals surface area contributed by atoms with Crippen LogP contribution in [0.1, 0.15) is 31.9 Å². The molecule has 2 N–H and O–H groups in total. The van der Waals surface area contributed by atoms with Gasteiger partial charge in [0.2, 0.25) is 0 Å². The minimum absolute atomic E-state index is 0.00913. The van der Waals surface area contributed by atoms with Gasteiger partial charge in [-0.25, -0.2) is 4.79 Å². The zero-order valence-electron chi connectivity index (χ0n) is 21.6. The van der Waals surface area contributed by atoms with Crippen molar-refractivity contribution >= 4 is 6.03 Å². The van der Waals surface area contributed by atoms with E-state index in [-0.39, 0.29) is 24.2 Å². The average Bonchev–Trinajstić information content (AvgIpc) is 2.92. The second kappa shape index (κ2) is 10.1. The summed E-state index contributed by atoms with van der Waals surface area (Å²) in [5.41, 5.74) is 1.10. The van der Waals surface area contributed by atoms with E-state index in [0.717, 1.165) is 29.8 Å². The molecule has 37 heavy (non-hydrogen) atoms. The van der Waals surface area contributed by atoms with Crippen LogP contribution in [0.4, 0.5) is 4.79 Å². The quantitative estimate of drug-likeness (QED) is 0.572. The molecule has 2 aliphatic rings. The Morgan fingerprint density at radius 3 is 2.38 bits per heavy atom. The first kappa shape index (κ1) is 25.2. The Balaban J connectivity index is 1.31. The number of amides is 2. The van der Waals surface area contributed by atoms with Gasteiger partial charge in [-0.1, -0.05) is 74.5 Å². The van der Waals surface area contributed by atoms with Crippen molar-refractivity contribution < 1.29 is 9.90 Å². The first-order valence-corrected chi connectivity index (χ1v) is 13.1. The van der Waals surface area contributed by atoms with Crippen LogP contribution in [0.2, 0.25) is 0 Å². The fraction of sp³-hybridized carbons (Fsp3) is 0.400. The Hall–Kier alpha value is -3.42. The van der Waals surface area contributed by atoms with E-state index in [1.165, 1.54) is 0 Å². The molecule has 0 aliphatic carbocycles. The summed E-state index contributed by atoms with van der Waals surface area (Å²) in [5, 5.41) is 15.2. The molecule has 194 valence electrons. The Bertz CT molecular complexity index is 1290. The maximum atomic E-state index is 13.7. The smallest absolute Gasteiger partial charge is 0.320 e. The Morgan fingerprint density at radius 1 is 1.00 bits per heavy atom. The Kier molecular flexibility index (Phi) is 6.92. The molecular formula is C30H36N4O3. The molecule has 0 bridgehead atoms. The zero-order chi connectivity index (χ0) is 26.0. The van der Waals surface area contributed by atoms with Gasteiger partial charge < -0.3 is 24.8 Å². The van der Waals surface area contributed by atoms with Crippen molar-refractivity contribution in [1.29, 1.82) is 0 Å². The number of piperazine rings is 1. The van der Waals surface area contributed by atoms with Crippen molar-refractivity contribution in [3.05, 3.63) is 94.9 Å². The molecule has 3 heterocycles. The lowest BCUT2D eigenvalue weighted by Gasteiger charge is -2.51. The third kappa shape index (κ3) is 5.06. The second-order valence-electron chi connectivity index (χ2n) is 10.9. The number of rotatable bonds is 4. The number of nitrogens with zero attached hydrogens (tertiary/aromatic N) is 3. The van der Waals surface area contributed by atoms with Gasteiger partial charge in [0.25, 0.3) is 5.56 Å². The van der Waals surface area contributed by atoms with Gasteiger partial charge in [-0.3, -0.25) is 4.79 Å². The molecule has 0 unspecified atom stereocenters. The highest BCUT2D eigenvalue weighted by molar-refractivity contribution is 5.75. The van der Waals surface area contributed by atoms with Crippen LogP contribution in [0.25, 0.3) is 11.1 Å². The van der Waals surface area contributed by atoms with Crippen LogP contribution in [-0.4, -0.2) is 63.8 Å². The number of hydrogen-bond donors (Lipinski definition) is 2. The third-order valence-corrected chi connectivity index (χ3v) is 8.12. The number of pyridine rings is 1. The van der Waals surface area contributed by atoms with Gasteiger partial charge in [0.05, 0.1) is 18.2 Å². The van der Waals surface area contributed by atoms with Crippen LogP contribution in [0, 0.1) is 5.41 Å². The summed E-state index contributed by atoms with van der Waals surface area (Å²) < 4.78 is 1.59. The lowest BCUT2D eigenvalue weighted by Crippen LogP contribution is -2.63. The molecule has 2 amide bonds. The van der Waals surface area contributed by atoms with Crippen molar-refractivity contribution in [3.63, 3.8) is 0 Å². The molecule has 1 aromatic heterocycles. The molecule has 2 saturated heterocycles. The third-order valence-electron chi connectivity index (χ3n) is 8.12. The molecule has 5 rings (SSSR count). The number of nitrogens with one attached hydrogen (secondary N) is 1. The predicted octanol–water partition coefficient (Wildman–Crippen LogP) is 3.74. The van der Waals surface area contributed by atoms with Crippen molar-refractivity contribution in [3.8, 4) is 11.1 Å². The Morgan fingerprint density at radius 2 is 1.70 bits per heavy atom. The lowest BCUT2D eigenvalue weighted by molar-refractivity contribution is -0.122. The number of carbonyl (C=O) groups is 1. The monoisotopic (exact) mass is 500 g/mol. The summed E-state index contributed by atoms with van der Waals surface area (Å²) in [6.45, 7) is 7.16. The standard InChI is InChI=1S/C30H36N4O3/c1-29(2)21-33(28(36)34-18-15-31-20-26(34)24-11-7-4-8-12-24)17-14-30(29,37)22-32-16-13-25(19-27(32)35)23-9-5-3-6-10-23/h3-13,16,19,26,31,37H,14-15,17-18,20-22H2,1-2H3/t26-,30+/m0/s1. The summed E-state index contributed by atoms with van der Waals surface area (Å²) in [5.74, 6) is 0. The highest BCUT2D eigenvalue weighted by Crippen LogP contribution is 2.40. The molecular weight excluding hydrogens is 464 g/mol. The summed E-state index contributed by atoms with van der Waals surface area (Å²) >= 11 is 0. The van der Waals surface area contributed by atoms with E-state index in [2.05, 4.69) is 17.4 Å². The molecule has 7 heteroatoms. The molecule has 2 aliphatic heterocycles. The minimum Gasteiger partial charge on any atom is -0.387 e. The second-order valence-corrected chi connectivity index (χ2v) is 10.9. The van der Waals surface area contributed by atoms with E-state index >= 15 is 0 Å². The number of urea groups is 1.